The number of halogens is 2. The predicted molar refractivity (Wildman–Crippen MR) is 105 cm³/mol. The Kier molecular flexibility index (Phi) is 7.05. The predicted octanol–water partition coefficient (Wildman–Crippen LogP) is 3.81. The summed E-state index contributed by atoms with van der Waals surface area (Å²) < 4.78 is 33.8. The fourth-order valence-electron chi connectivity index (χ4n) is 2.13. The molecule has 0 aliphatic carbocycles. The van der Waals surface area contributed by atoms with Crippen LogP contribution in [0.1, 0.15) is 13.8 Å². The van der Waals surface area contributed by atoms with Crippen LogP contribution in [-0.4, -0.2) is 27.0 Å². The smallest absolute Gasteiger partial charge is 0.245 e. The number of rotatable bonds is 7. The molecule has 140 valence electrons. The minimum atomic E-state index is -4.01. The van der Waals surface area contributed by atoms with Crippen LogP contribution < -0.4 is 14.8 Å². The highest BCUT2D eigenvalue weighted by Gasteiger charge is 2.25. The van der Waals surface area contributed by atoms with Crippen LogP contribution in [0.3, 0.4) is 0 Å². The van der Waals surface area contributed by atoms with Gasteiger partial charge in [0.25, 0.3) is 0 Å². The van der Waals surface area contributed by atoms with Crippen LogP contribution in [-0.2, 0) is 14.8 Å². The zero-order valence-electron chi connectivity index (χ0n) is 14.1. The Morgan fingerprint density at radius 3 is 2.65 bits per heavy atom. The van der Waals surface area contributed by atoms with Crippen molar-refractivity contribution in [3.8, 4) is 5.75 Å². The van der Waals surface area contributed by atoms with Gasteiger partial charge >= 0.3 is 0 Å². The van der Waals surface area contributed by atoms with Gasteiger partial charge in [-0.2, -0.15) is 4.72 Å². The van der Waals surface area contributed by atoms with E-state index in [4.69, 9.17) is 16.3 Å². The van der Waals surface area contributed by atoms with E-state index in [1.807, 2.05) is 6.07 Å². The molecule has 2 aromatic rings. The van der Waals surface area contributed by atoms with Crippen molar-refractivity contribution in [3.05, 3.63) is 52.0 Å². The van der Waals surface area contributed by atoms with Crippen LogP contribution in [0.25, 0.3) is 0 Å². The minimum Gasteiger partial charge on any atom is -0.492 e. The Labute approximate surface area is 166 Å². The summed E-state index contributed by atoms with van der Waals surface area (Å²) in [4.78, 5) is 12.2. The third kappa shape index (κ3) is 5.44. The van der Waals surface area contributed by atoms with Crippen molar-refractivity contribution < 1.29 is 17.9 Å². The average molecular weight is 462 g/mol. The van der Waals surface area contributed by atoms with Gasteiger partial charge in [-0.25, -0.2) is 8.42 Å². The first-order valence-electron chi connectivity index (χ1n) is 7.74. The first-order chi connectivity index (χ1) is 12.2. The lowest BCUT2D eigenvalue weighted by Crippen LogP contribution is -2.41. The van der Waals surface area contributed by atoms with Crippen molar-refractivity contribution >= 4 is 49.1 Å². The van der Waals surface area contributed by atoms with Crippen LogP contribution >= 0.6 is 27.5 Å². The molecular weight excluding hydrogens is 444 g/mol. The van der Waals surface area contributed by atoms with Crippen LogP contribution in [0.4, 0.5) is 5.69 Å². The van der Waals surface area contributed by atoms with Crippen molar-refractivity contribution in [3.63, 3.8) is 0 Å². The number of nitrogens with one attached hydrogen (secondary N) is 2. The SMILES string of the molecule is CCOc1ccc(Cl)cc1S(=O)(=O)NC(C)C(=O)Nc1cccc(Br)c1. The van der Waals surface area contributed by atoms with E-state index in [1.165, 1.54) is 25.1 Å². The van der Waals surface area contributed by atoms with E-state index >= 15 is 0 Å². The number of benzene rings is 2. The summed E-state index contributed by atoms with van der Waals surface area (Å²) >= 11 is 9.22. The Hall–Kier alpha value is -1.61. The van der Waals surface area contributed by atoms with Gasteiger partial charge in [0.15, 0.2) is 0 Å². The molecule has 0 aliphatic heterocycles. The molecule has 0 saturated heterocycles. The molecule has 1 atom stereocenters. The molecule has 0 bridgehead atoms. The number of amides is 1. The third-order valence-electron chi connectivity index (χ3n) is 3.31. The van der Waals surface area contributed by atoms with Gasteiger partial charge in [-0.15, -0.1) is 0 Å². The van der Waals surface area contributed by atoms with Gasteiger partial charge in [0.05, 0.1) is 12.6 Å². The lowest BCUT2D eigenvalue weighted by molar-refractivity contribution is -0.117. The molecular formula is C17H18BrClN2O4S. The molecule has 0 aliphatic rings. The van der Waals surface area contributed by atoms with Gasteiger partial charge in [0, 0.05) is 15.2 Å². The molecule has 0 fully saturated rings. The summed E-state index contributed by atoms with van der Waals surface area (Å²) in [5.41, 5.74) is 0.549. The summed E-state index contributed by atoms with van der Waals surface area (Å²) in [7, 11) is -4.01. The summed E-state index contributed by atoms with van der Waals surface area (Å²) in [5, 5.41) is 2.90. The van der Waals surface area contributed by atoms with Crippen molar-refractivity contribution in [1.82, 2.24) is 4.72 Å². The highest BCUT2D eigenvalue weighted by Crippen LogP contribution is 2.27. The van der Waals surface area contributed by atoms with Crippen LogP contribution in [0.5, 0.6) is 5.75 Å². The Morgan fingerprint density at radius 1 is 1.27 bits per heavy atom. The third-order valence-corrected chi connectivity index (χ3v) is 5.60. The number of hydrogen-bond acceptors (Lipinski definition) is 4. The van der Waals surface area contributed by atoms with Crippen LogP contribution in [0.2, 0.25) is 5.02 Å². The standard InChI is InChI=1S/C17H18BrClN2O4S/c1-3-25-15-8-7-13(19)10-16(15)26(23,24)21-11(2)17(22)20-14-6-4-5-12(18)9-14/h4-11,21H,3H2,1-2H3,(H,20,22). The Balaban J connectivity index is 2.18. The van der Waals surface area contributed by atoms with Crippen LogP contribution in [0.15, 0.2) is 51.8 Å². The maximum absolute atomic E-state index is 12.7. The maximum Gasteiger partial charge on any atom is 0.245 e. The number of anilines is 1. The second-order valence-corrected chi connectivity index (χ2v) is 8.40. The zero-order valence-corrected chi connectivity index (χ0v) is 17.3. The molecule has 1 amide bonds. The highest BCUT2D eigenvalue weighted by atomic mass is 79.9. The number of hydrogen-bond donors (Lipinski definition) is 2. The van der Waals surface area contributed by atoms with Gasteiger partial charge < -0.3 is 10.1 Å². The van der Waals surface area contributed by atoms with Crippen molar-refractivity contribution in [2.75, 3.05) is 11.9 Å². The van der Waals surface area contributed by atoms with Gasteiger partial charge in [0.2, 0.25) is 15.9 Å². The number of carbonyl (C=O) groups excluding carboxylic acids is 1. The zero-order chi connectivity index (χ0) is 19.3. The Morgan fingerprint density at radius 2 is 2.00 bits per heavy atom. The molecule has 2 N–H and O–H groups in total. The van der Waals surface area contributed by atoms with Crippen LogP contribution in [0, 0.1) is 0 Å². The van der Waals surface area contributed by atoms with E-state index in [2.05, 4.69) is 26.0 Å². The quantitative estimate of drug-likeness (QED) is 0.657. The summed E-state index contributed by atoms with van der Waals surface area (Å²) in [5.74, 6) is -0.323. The normalized spacial score (nSPS) is 12.5. The van der Waals surface area contributed by atoms with E-state index in [9.17, 15) is 13.2 Å². The van der Waals surface area contributed by atoms with E-state index in [-0.39, 0.29) is 15.7 Å². The van der Waals surface area contributed by atoms with Gasteiger partial charge in [-0.1, -0.05) is 33.6 Å². The second kappa shape index (κ2) is 8.85. The first kappa shape index (κ1) is 20.7. The molecule has 0 radical (unpaired) electrons. The highest BCUT2D eigenvalue weighted by molar-refractivity contribution is 9.10. The minimum absolute atomic E-state index is 0.117. The summed E-state index contributed by atoms with van der Waals surface area (Å²) in [6.07, 6.45) is 0. The number of carbonyl (C=O) groups is 1. The molecule has 9 heteroatoms. The van der Waals surface area contributed by atoms with Crippen molar-refractivity contribution in [2.45, 2.75) is 24.8 Å². The van der Waals surface area contributed by atoms with Gasteiger partial charge in [0.1, 0.15) is 10.6 Å². The largest absolute Gasteiger partial charge is 0.492 e. The number of ether oxygens (including phenoxy) is 1. The fraction of sp³-hybridized carbons (Fsp3) is 0.235. The number of sulfonamides is 1. The molecule has 0 spiro atoms. The lowest BCUT2D eigenvalue weighted by atomic mass is 10.3. The Bertz CT molecular complexity index is 905. The molecule has 2 aromatic carbocycles. The van der Waals surface area contributed by atoms with E-state index in [0.717, 1.165) is 4.47 Å². The second-order valence-electron chi connectivity index (χ2n) is 5.37. The van der Waals surface area contributed by atoms with E-state index in [0.29, 0.717) is 12.3 Å². The van der Waals surface area contributed by atoms with Crippen molar-refractivity contribution in [2.24, 2.45) is 0 Å². The van der Waals surface area contributed by atoms with Crippen molar-refractivity contribution in [1.29, 1.82) is 0 Å². The molecule has 26 heavy (non-hydrogen) atoms. The molecule has 1 unspecified atom stereocenters. The van der Waals surface area contributed by atoms with E-state index < -0.39 is 22.0 Å². The van der Waals surface area contributed by atoms with Gasteiger partial charge in [-0.3, -0.25) is 4.79 Å². The molecule has 0 aromatic heterocycles. The average Bonchev–Trinajstić information content (AvgIpc) is 2.56. The molecule has 0 saturated carbocycles. The molecule has 6 nitrogen and oxygen atoms in total. The summed E-state index contributed by atoms with van der Waals surface area (Å²) in [6.45, 7) is 3.49. The van der Waals surface area contributed by atoms with E-state index in [1.54, 1.807) is 25.1 Å². The fourth-order valence-corrected chi connectivity index (χ4v) is 4.14. The first-order valence-corrected chi connectivity index (χ1v) is 10.4. The monoisotopic (exact) mass is 460 g/mol. The molecule has 2 rings (SSSR count). The summed E-state index contributed by atoms with van der Waals surface area (Å²) in [6, 6.07) is 10.3. The molecule has 0 heterocycles. The topological polar surface area (TPSA) is 84.5 Å². The van der Waals surface area contributed by atoms with Gasteiger partial charge in [-0.05, 0) is 50.2 Å². The lowest BCUT2D eigenvalue weighted by Gasteiger charge is -2.16. The maximum atomic E-state index is 12.7.